The van der Waals surface area contributed by atoms with Crippen molar-refractivity contribution in [3.8, 4) is 12.1 Å². The lowest BCUT2D eigenvalue weighted by Crippen LogP contribution is -2.47. The molecular weight excluding hydrogens is 391 g/mol. The summed E-state index contributed by atoms with van der Waals surface area (Å²) in [6.07, 6.45) is -2.92. The molecule has 2 aromatic carbocycles. The second kappa shape index (κ2) is 7.57. The highest BCUT2D eigenvalue weighted by Gasteiger charge is 2.32. The Kier molecular flexibility index (Phi) is 4.93. The number of nitrogens with zero attached hydrogens (tertiary/aromatic N) is 5. The number of aromatic nitrogens is 1. The van der Waals surface area contributed by atoms with Gasteiger partial charge in [-0.05, 0) is 24.3 Å². The first-order valence-electron chi connectivity index (χ1n) is 9.31. The van der Waals surface area contributed by atoms with Gasteiger partial charge in [-0.15, -0.1) is 0 Å². The Morgan fingerprint density at radius 1 is 0.867 bits per heavy atom. The fourth-order valence-corrected chi connectivity index (χ4v) is 3.80. The van der Waals surface area contributed by atoms with Gasteiger partial charge in [0.15, 0.2) is 0 Å². The molecule has 8 heteroatoms. The number of piperazine rings is 1. The molecule has 1 fully saturated rings. The molecule has 0 aliphatic carbocycles. The number of nitriles is 2. The minimum Gasteiger partial charge on any atom is -0.367 e. The molecule has 1 aliphatic heterocycles. The van der Waals surface area contributed by atoms with Crippen LogP contribution in [-0.2, 0) is 6.18 Å². The number of para-hydroxylation sites is 1. The van der Waals surface area contributed by atoms with Gasteiger partial charge < -0.3 is 9.80 Å². The minimum absolute atomic E-state index is 0.00495. The predicted molar refractivity (Wildman–Crippen MR) is 107 cm³/mol. The number of halogens is 3. The van der Waals surface area contributed by atoms with Crippen molar-refractivity contribution in [1.29, 1.82) is 10.5 Å². The molecule has 2 heterocycles. The van der Waals surface area contributed by atoms with Crippen molar-refractivity contribution in [2.24, 2.45) is 0 Å². The molecule has 0 radical (unpaired) electrons. The van der Waals surface area contributed by atoms with E-state index in [0.29, 0.717) is 37.4 Å². The van der Waals surface area contributed by atoms with Crippen LogP contribution in [0.4, 0.5) is 24.5 Å². The lowest BCUT2D eigenvalue weighted by Gasteiger charge is -2.38. The van der Waals surface area contributed by atoms with Crippen molar-refractivity contribution in [1.82, 2.24) is 4.98 Å². The largest absolute Gasteiger partial charge is 0.416 e. The van der Waals surface area contributed by atoms with Crippen LogP contribution in [-0.4, -0.2) is 31.2 Å². The molecule has 0 atom stereocenters. The second-order valence-corrected chi connectivity index (χ2v) is 6.97. The Morgan fingerprint density at radius 2 is 1.53 bits per heavy atom. The predicted octanol–water partition coefficient (Wildman–Crippen LogP) is 4.32. The quantitative estimate of drug-likeness (QED) is 0.633. The highest BCUT2D eigenvalue weighted by molar-refractivity contribution is 5.94. The first-order chi connectivity index (χ1) is 14.4. The van der Waals surface area contributed by atoms with Gasteiger partial charge in [0.25, 0.3) is 0 Å². The minimum atomic E-state index is -4.49. The van der Waals surface area contributed by atoms with E-state index in [4.69, 9.17) is 0 Å². The molecule has 0 saturated carbocycles. The van der Waals surface area contributed by atoms with Crippen molar-refractivity contribution in [3.05, 3.63) is 65.4 Å². The van der Waals surface area contributed by atoms with Crippen LogP contribution in [0.15, 0.2) is 48.7 Å². The molecule has 1 saturated heterocycles. The van der Waals surface area contributed by atoms with Crippen LogP contribution in [0.3, 0.4) is 0 Å². The average molecular weight is 407 g/mol. The van der Waals surface area contributed by atoms with Crippen LogP contribution in [0.1, 0.15) is 16.7 Å². The van der Waals surface area contributed by atoms with E-state index in [1.165, 1.54) is 6.07 Å². The van der Waals surface area contributed by atoms with Crippen molar-refractivity contribution < 1.29 is 13.2 Å². The number of alkyl halides is 3. The molecule has 0 bridgehead atoms. The Balaban J connectivity index is 1.61. The molecule has 150 valence electrons. The molecule has 0 unspecified atom stereocenters. The van der Waals surface area contributed by atoms with Crippen LogP contribution in [0, 0.1) is 22.7 Å². The molecule has 0 amide bonds. The van der Waals surface area contributed by atoms with Crippen molar-refractivity contribution in [2.75, 3.05) is 36.0 Å². The van der Waals surface area contributed by atoms with Gasteiger partial charge in [-0.2, -0.15) is 23.7 Å². The number of anilines is 2. The lowest BCUT2D eigenvalue weighted by molar-refractivity contribution is -0.137. The van der Waals surface area contributed by atoms with Gasteiger partial charge in [0.2, 0.25) is 0 Å². The summed E-state index contributed by atoms with van der Waals surface area (Å²) in [6.45, 7) is 2.16. The number of fused-ring (bicyclic) bond motifs is 1. The van der Waals surface area contributed by atoms with E-state index in [1.54, 1.807) is 6.20 Å². The highest BCUT2D eigenvalue weighted by atomic mass is 19.4. The van der Waals surface area contributed by atoms with Crippen LogP contribution >= 0.6 is 0 Å². The normalized spacial score (nSPS) is 14.4. The van der Waals surface area contributed by atoms with Crippen LogP contribution in [0.25, 0.3) is 10.9 Å². The molecule has 0 spiro atoms. The van der Waals surface area contributed by atoms with Gasteiger partial charge >= 0.3 is 6.18 Å². The zero-order chi connectivity index (χ0) is 21.3. The number of benzene rings is 2. The Labute approximate surface area is 171 Å². The van der Waals surface area contributed by atoms with Gasteiger partial charge in [-0.1, -0.05) is 18.2 Å². The summed E-state index contributed by atoms with van der Waals surface area (Å²) in [6, 6.07) is 14.9. The van der Waals surface area contributed by atoms with Crippen LogP contribution in [0.2, 0.25) is 0 Å². The fourth-order valence-electron chi connectivity index (χ4n) is 3.80. The van der Waals surface area contributed by atoms with E-state index in [2.05, 4.69) is 16.0 Å². The maximum absolute atomic E-state index is 13.0. The summed E-state index contributed by atoms with van der Waals surface area (Å²) in [5, 5.41) is 19.8. The monoisotopic (exact) mass is 407 g/mol. The summed E-state index contributed by atoms with van der Waals surface area (Å²) in [4.78, 5) is 8.33. The standard InChI is InChI=1S/C22H16F3N5/c23-22(24,25)17-5-6-20(15(11-17)12-26)29-7-9-30(10-8-29)21-16(13-27)14-28-19-4-2-1-3-18(19)21/h1-6,11,14H,7-10H2. The second-order valence-electron chi connectivity index (χ2n) is 6.97. The van der Waals surface area contributed by atoms with Gasteiger partial charge in [0.1, 0.15) is 12.1 Å². The molecule has 30 heavy (non-hydrogen) atoms. The maximum Gasteiger partial charge on any atom is 0.416 e. The number of hydrogen-bond acceptors (Lipinski definition) is 5. The Hall–Kier alpha value is -3.78. The van der Waals surface area contributed by atoms with E-state index in [1.807, 2.05) is 35.2 Å². The maximum atomic E-state index is 13.0. The van der Waals surface area contributed by atoms with Crippen molar-refractivity contribution >= 4 is 22.3 Å². The van der Waals surface area contributed by atoms with E-state index in [9.17, 15) is 23.7 Å². The van der Waals surface area contributed by atoms with E-state index in [-0.39, 0.29) is 5.56 Å². The zero-order valence-electron chi connectivity index (χ0n) is 15.8. The van der Waals surface area contributed by atoms with Crippen LogP contribution < -0.4 is 9.80 Å². The average Bonchev–Trinajstić information content (AvgIpc) is 2.77. The van der Waals surface area contributed by atoms with E-state index in [0.717, 1.165) is 28.7 Å². The topological polar surface area (TPSA) is 67.0 Å². The molecule has 5 nitrogen and oxygen atoms in total. The molecule has 0 N–H and O–H groups in total. The van der Waals surface area contributed by atoms with Gasteiger partial charge in [0.05, 0.1) is 33.6 Å². The van der Waals surface area contributed by atoms with E-state index < -0.39 is 11.7 Å². The number of hydrogen-bond donors (Lipinski definition) is 0. The number of rotatable bonds is 2. The summed E-state index contributed by atoms with van der Waals surface area (Å²) in [7, 11) is 0. The van der Waals surface area contributed by atoms with Crippen molar-refractivity contribution in [3.63, 3.8) is 0 Å². The third-order valence-electron chi connectivity index (χ3n) is 5.25. The first-order valence-corrected chi connectivity index (χ1v) is 9.31. The summed E-state index contributed by atoms with van der Waals surface area (Å²) < 4.78 is 38.9. The third kappa shape index (κ3) is 3.48. The molecular formula is C22H16F3N5. The first kappa shape index (κ1) is 19.5. The van der Waals surface area contributed by atoms with Gasteiger partial charge in [0, 0.05) is 37.8 Å². The number of pyridine rings is 1. The Bertz CT molecular complexity index is 1180. The summed E-state index contributed by atoms with van der Waals surface area (Å²) >= 11 is 0. The third-order valence-corrected chi connectivity index (χ3v) is 5.25. The molecule has 1 aliphatic rings. The van der Waals surface area contributed by atoms with Gasteiger partial charge in [-0.3, -0.25) is 4.98 Å². The SMILES string of the molecule is N#Cc1cc(C(F)(F)F)ccc1N1CCN(c2c(C#N)cnc3ccccc23)CC1. The molecule has 4 rings (SSSR count). The zero-order valence-corrected chi connectivity index (χ0v) is 15.8. The van der Waals surface area contributed by atoms with Crippen LogP contribution in [0.5, 0.6) is 0 Å². The summed E-state index contributed by atoms with van der Waals surface area (Å²) in [5.41, 5.74) is 1.76. The summed E-state index contributed by atoms with van der Waals surface area (Å²) in [5.74, 6) is 0. The Morgan fingerprint density at radius 3 is 2.20 bits per heavy atom. The van der Waals surface area contributed by atoms with Crippen molar-refractivity contribution in [2.45, 2.75) is 6.18 Å². The fraction of sp³-hybridized carbons (Fsp3) is 0.227. The van der Waals surface area contributed by atoms with Gasteiger partial charge in [-0.25, -0.2) is 0 Å². The molecule has 1 aromatic heterocycles. The molecule has 3 aromatic rings. The smallest absolute Gasteiger partial charge is 0.367 e. The highest BCUT2D eigenvalue weighted by Crippen LogP contribution is 2.34. The lowest BCUT2D eigenvalue weighted by atomic mass is 10.1. The van der Waals surface area contributed by atoms with E-state index >= 15 is 0 Å².